The van der Waals surface area contributed by atoms with E-state index < -0.39 is 0 Å². The smallest absolute Gasteiger partial charge is 0.308 e. The molecule has 0 N–H and O–H groups in total. The molecular weight excluding hydrogens is 272 g/mol. The van der Waals surface area contributed by atoms with Crippen LogP contribution in [0.4, 0.5) is 0 Å². The van der Waals surface area contributed by atoms with E-state index in [4.69, 9.17) is 4.74 Å². The Hall–Kier alpha value is -2.87. The minimum absolute atomic E-state index is 0.284. The lowest BCUT2D eigenvalue weighted by molar-refractivity contribution is -0.134. The minimum atomic E-state index is -0.284. The van der Waals surface area contributed by atoms with Crippen molar-refractivity contribution in [1.82, 2.24) is 0 Å². The van der Waals surface area contributed by atoms with E-state index in [1.807, 2.05) is 12.1 Å². The second-order valence-electron chi connectivity index (χ2n) is 5.80. The van der Waals surface area contributed by atoms with Gasteiger partial charge in [-0.3, -0.25) is 4.79 Å². The topological polar surface area (TPSA) is 26.3 Å². The normalized spacial score (nSPS) is 13.2. The molecule has 1 aliphatic rings. The van der Waals surface area contributed by atoms with Crippen LogP contribution in [0, 0.1) is 0 Å². The highest BCUT2D eigenvalue weighted by Crippen LogP contribution is 2.44. The molecule has 0 radical (unpaired) electrons. The summed E-state index contributed by atoms with van der Waals surface area (Å²) in [6, 6.07) is 17.0. The Kier molecular flexibility index (Phi) is 2.06. The second-order valence-corrected chi connectivity index (χ2v) is 5.80. The van der Waals surface area contributed by atoms with Gasteiger partial charge in [0, 0.05) is 17.9 Å². The molecule has 0 spiro atoms. The summed E-state index contributed by atoms with van der Waals surface area (Å²) in [5.41, 5.74) is 2.14. The first-order valence-electron chi connectivity index (χ1n) is 7.33. The standard InChI is InChI=1S/C20H12O2/c1-11(21)22-17-10-15-9-14-4-2-3-12-5-6-13-7-8-16(17)19(15)20(13)18(12)14/h2-10H,1H3. The summed E-state index contributed by atoms with van der Waals surface area (Å²) in [6.45, 7) is 1.44. The van der Waals surface area contributed by atoms with Gasteiger partial charge in [0.05, 0.1) is 0 Å². The Morgan fingerprint density at radius 2 is 1.59 bits per heavy atom. The predicted octanol–water partition coefficient (Wildman–Crippen LogP) is 4.96. The van der Waals surface area contributed by atoms with Crippen LogP contribution < -0.4 is 0 Å². The van der Waals surface area contributed by atoms with Crippen LogP contribution >= 0.6 is 0 Å². The number of hydrogen-bond acceptors (Lipinski definition) is 2. The molecule has 2 nitrogen and oxygen atoms in total. The molecule has 104 valence electrons. The van der Waals surface area contributed by atoms with Crippen molar-refractivity contribution >= 4 is 50.1 Å². The molecule has 4 aromatic carbocycles. The van der Waals surface area contributed by atoms with Crippen LogP contribution in [0.25, 0.3) is 44.2 Å². The Balaban J connectivity index is 2.00. The summed E-state index contributed by atoms with van der Waals surface area (Å²) < 4.78 is 5.40. The van der Waals surface area contributed by atoms with Crippen molar-refractivity contribution in [2.75, 3.05) is 0 Å². The highest BCUT2D eigenvalue weighted by molar-refractivity contribution is 6.28. The zero-order valence-electron chi connectivity index (χ0n) is 12.0. The summed E-state index contributed by atoms with van der Waals surface area (Å²) in [5.74, 6) is 0.369. The Bertz CT molecular complexity index is 1120. The van der Waals surface area contributed by atoms with E-state index in [2.05, 4.69) is 42.5 Å². The van der Waals surface area contributed by atoms with Gasteiger partial charge in [-0.05, 0) is 50.7 Å². The third-order valence-corrected chi connectivity index (χ3v) is 4.46. The largest absolute Gasteiger partial charge is 0.426 e. The SMILES string of the molecule is CC(=O)OC1=Cc2cc3cccc4ccc5ccc1c2c5c43. The van der Waals surface area contributed by atoms with Gasteiger partial charge in [0.15, 0.2) is 0 Å². The molecule has 2 heteroatoms. The zero-order chi connectivity index (χ0) is 14.8. The first-order chi connectivity index (χ1) is 10.7. The maximum Gasteiger partial charge on any atom is 0.308 e. The maximum absolute atomic E-state index is 11.4. The summed E-state index contributed by atoms with van der Waals surface area (Å²) in [5, 5.41) is 7.44. The molecule has 0 bridgehead atoms. The van der Waals surface area contributed by atoms with Gasteiger partial charge in [-0.1, -0.05) is 36.4 Å². The minimum Gasteiger partial charge on any atom is -0.426 e. The monoisotopic (exact) mass is 284 g/mol. The van der Waals surface area contributed by atoms with Crippen LogP contribution in [-0.4, -0.2) is 5.97 Å². The van der Waals surface area contributed by atoms with Gasteiger partial charge in [0.25, 0.3) is 0 Å². The average Bonchev–Trinajstić information content (AvgIpc) is 2.85. The van der Waals surface area contributed by atoms with Crippen molar-refractivity contribution in [3.05, 3.63) is 59.7 Å². The number of carbonyl (C=O) groups excluding carboxylic acids is 1. The molecular formula is C20H12O2. The first kappa shape index (κ1) is 11.8. The summed E-state index contributed by atoms with van der Waals surface area (Å²) >= 11 is 0. The number of ether oxygens (including phenoxy) is 1. The molecule has 0 aliphatic heterocycles. The van der Waals surface area contributed by atoms with E-state index in [-0.39, 0.29) is 5.97 Å². The van der Waals surface area contributed by atoms with Crippen LogP contribution in [0.2, 0.25) is 0 Å². The van der Waals surface area contributed by atoms with Crippen molar-refractivity contribution in [3.8, 4) is 0 Å². The lowest BCUT2D eigenvalue weighted by Crippen LogP contribution is -1.96. The van der Waals surface area contributed by atoms with Gasteiger partial charge in [-0.25, -0.2) is 0 Å². The van der Waals surface area contributed by atoms with Crippen molar-refractivity contribution in [1.29, 1.82) is 0 Å². The molecule has 22 heavy (non-hydrogen) atoms. The Morgan fingerprint density at radius 3 is 2.41 bits per heavy atom. The van der Waals surface area contributed by atoms with Crippen LogP contribution in [-0.2, 0) is 9.53 Å². The highest BCUT2D eigenvalue weighted by Gasteiger charge is 2.22. The lowest BCUT2D eigenvalue weighted by Gasteiger charge is -2.13. The molecule has 0 amide bonds. The lowest BCUT2D eigenvalue weighted by atomic mass is 9.91. The van der Waals surface area contributed by atoms with E-state index >= 15 is 0 Å². The van der Waals surface area contributed by atoms with Crippen LogP contribution in [0.1, 0.15) is 18.1 Å². The third-order valence-electron chi connectivity index (χ3n) is 4.46. The van der Waals surface area contributed by atoms with Crippen molar-refractivity contribution in [2.24, 2.45) is 0 Å². The molecule has 0 atom stereocenters. The van der Waals surface area contributed by atoms with Gasteiger partial charge < -0.3 is 4.74 Å². The molecule has 5 rings (SSSR count). The van der Waals surface area contributed by atoms with Crippen molar-refractivity contribution in [2.45, 2.75) is 6.92 Å². The first-order valence-corrected chi connectivity index (χ1v) is 7.33. The average molecular weight is 284 g/mol. The molecule has 0 saturated heterocycles. The van der Waals surface area contributed by atoms with E-state index in [0.29, 0.717) is 5.76 Å². The second kappa shape index (κ2) is 3.86. The fourth-order valence-electron chi connectivity index (χ4n) is 3.66. The number of esters is 1. The predicted molar refractivity (Wildman–Crippen MR) is 89.8 cm³/mol. The Morgan fingerprint density at radius 1 is 0.864 bits per heavy atom. The number of hydrogen-bond donors (Lipinski definition) is 0. The summed E-state index contributed by atoms with van der Waals surface area (Å²) in [7, 11) is 0. The van der Waals surface area contributed by atoms with Gasteiger partial charge in [-0.2, -0.15) is 0 Å². The van der Waals surface area contributed by atoms with E-state index in [1.54, 1.807) is 0 Å². The number of carbonyl (C=O) groups is 1. The van der Waals surface area contributed by atoms with Gasteiger partial charge >= 0.3 is 5.97 Å². The number of benzene rings is 4. The molecule has 1 aliphatic carbocycles. The molecule has 0 fully saturated rings. The van der Waals surface area contributed by atoms with Crippen molar-refractivity contribution in [3.63, 3.8) is 0 Å². The third kappa shape index (κ3) is 1.37. The van der Waals surface area contributed by atoms with E-state index in [1.165, 1.54) is 39.2 Å². The summed E-state index contributed by atoms with van der Waals surface area (Å²) in [4.78, 5) is 11.4. The molecule has 0 unspecified atom stereocenters. The van der Waals surface area contributed by atoms with Crippen LogP contribution in [0.3, 0.4) is 0 Å². The van der Waals surface area contributed by atoms with Crippen LogP contribution in [0.15, 0.2) is 48.5 Å². The van der Waals surface area contributed by atoms with E-state index in [0.717, 1.165) is 11.1 Å². The highest BCUT2D eigenvalue weighted by atomic mass is 16.5. The molecule has 0 aromatic heterocycles. The fourth-order valence-corrected chi connectivity index (χ4v) is 3.66. The molecule has 4 aromatic rings. The van der Waals surface area contributed by atoms with Gasteiger partial charge in [0.1, 0.15) is 5.76 Å². The zero-order valence-corrected chi connectivity index (χ0v) is 12.0. The Labute approximate surface area is 126 Å². The molecule has 0 heterocycles. The van der Waals surface area contributed by atoms with Crippen molar-refractivity contribution < 1.29 is 9.53 Å². The molecule has 0 saturated carbocycles. The number of rotatable bonds is 1. The summed E-state index contributed by atoms with van der Waals surface area (Å²) in [6.07, 6.45) is 1.97. The van der Waals surface area contributed by atoms with Gasteiger partial charge in [0.2, 0.25) is 0 Å². The fraction of sp³-hybridized carbons (Fsp3) is 0.0500. The quantitative estimate of drug-likeness (QED) is 0.365. The van der Waals surface area contributed by atoms with E-state index in [9.17, 15) is 4.79 Å². The van der Waals surface area contributed by atoms with Crippen LogP contribution in [0.5, 0.6) is 0 Å². The maximum atomic E-state index is 11.4. The van der Waals surface area contributed by atoms with Gasteiger partial charge in [-0.15, -0.1) is 0 Å².